The Morgan fingerprint density at radius 1 is 1.34 bits per heavy atom. The van der Waals surface area contributed by atoms with E-state index >= 15 is 0 Å². The lowest BCUT2D eigenvalue weighted by atomic mass is 9.66. The number of nitrogens with one attached hydrogen (secondary N) is 1. The molecule has 4 aliphatic heterocycles. The molecule has 0 unspecified atom stereocenters. The van der Waals surface area contributed by atoms with Crippen LogP contribution in [0.4, 0.5) is 5.69 Å². The summed E-state index contributed by atoms with van der Waals surface area (Å²) in [7, 11) is 3.02. The minimum absolute atomic E-state index is 0.0255. The van der Waals surface area contributed by atoms with E-state index in [9.17, 15) is 9.59 Å². The van der Waals surface area contributed by atoms with Gasteiger partial charge in [0.2, 0.25) is 5.91 Å². The van der Waals surface area contributed by atoms with Crippen molar-refractivity contribution in [3.8, 4) is 5.75 Å². The zero-order valence-corrected chi connectivity index (χ0v) is 16.9. The van der Waals surface area contributed by atoms with Gasteiger partial charge in [-0.3, -0.25) is 9.69 Å². The summed E-state index contributed by atoms with van der Waals surface area (Å²) in [6, 6.07) is 5.88. The molecule has 154 valence electrons. The van der Waals surface area contributed by atoms with Gasteiger partial charge in [0.25, 0.3) is 0 Å². The molecule has 1 amide bonds. The fourth-order valence-corrected chi connectivity index (χ4v) is 5.93. The van der Waals surface area contributed by atoms with Crippen molar-refractivity contribution in [2.45, 2.75) is 37.3 Å². The number of amides is 1. The number of esters is 1. The lowest BCUT2D eigenvalue weighted by molar-refractivity contribution is -0.139. The van der Waals surface area contributed by atoms with Crippen molar-refractivity contribution in [3.63, 3.8) is 0 Å². The first kappa shape index (κ1) is 18.5. The first-order valence-electron chi connectivity index (χ1n) is 10.2. The van der Waals surface area contributed by atoms with E-state index in [1.54, 1.807) is 13.4 Å². The Morgan fingerprint density at radius 2 is 2.17 bits per heavy atom. The molecule has 0 aliphatic carbocycles. The highest BCUT2D eigenvalue weighted by atomic mass is 16.5. The summed E-state index contributed by atoms with van der Waals surface area (Å²) in [5, 5.41) is 3.09. The van der Waals surface area contributed by atoms with Crippen molar-refractivity contribution >= 4 is 17.6 Å². The Labute approximate surface area is 170 Å². The van der Waals surface area contributed by atoms with E-state index < -0.39 is 5.41 Å². The summed E-state index contributed by atoms with van der Waals surface area (Å²) in [6.07, 6.45) is 3.11. The molecule has 2 fully saturated rings. The number of ether oxygens (including phenoxy) is 3. The van der Waals surface area contributed by atoms with Crippen molar-refractivity contribution in [1.82, 2.24) is 4.90 Å². The molecule has 5 atom stereocenters. The molecule has 2 saturated heterocycles. The van der Waals surface area contributed by atoms with Crippen LogP contribution in [-0.2, 0) is 24.5 Å². The third-order valence-electron chi connectivity index (χ3n) is 7.44. The number of carbonyl (C=O) groups is 2. The highest BCUT2D eigenvalue weighted by molar-refractivity contribution is 6.07. The minimum atomic E-state index is -0.588. The molecule has 7 heteroatoms. The molecule has 0 saturated carbocycles. The van der Waals surface area contributed by atoms with Gasteiger partial charge < -0.3 is 19.5 Å². The van der Waals surface area contributed by atoms with Crippen LogP contribution < -0.4 is 10.1 Å². The summed E-state index contributed by atoms with van der Waals surface area (Å²) in [5.41, 5.74) is 1.88. The first-order valence-corrected chi connectivity index (χ1v) is 10.2. The largest absolute Gasteiger partial charge is 0.497 e. The van der Waals surface area contributed by atoms with Gasteiger partial charge in [-0.1, -0.05) is 6.07 Å². The Bertz CT molecular complexity index is 912. The summed E-state index contributed by atoms with van der Waals surface area (Å²) < 4.78 is 16.1. The quantitative estimate of drug-likeness (QED) is 0.769. The summed E-state index contributed by atoms with van der Waals surface area (Å²) in [6.45, 7) is 3.72. The van der Waals surface area contributed by atoms with Gasteiger partial charge >= 0.3 is 5.97 Å². The number of hydrogen-bond donors (Lipinski definition) is 1. The average Bonchev–Trinajstić information content (AvgIpc) is 3.25. The van der Waals surface area contributed by atoms with E-state index in [1.165, 1.54) is 7.11 Å². The van der Waals surface area contributed by atoms with E-state index in [4.69, 9.17) is 14.2 Å². The Morgan fingerprint density at radius 3 is 2.93 bits per heavy atom. The van der Waals surface area contributed by atoms with Crippen LogP contribution >= 0.6 is 0 Å². The second-order valence-corrected chi connectivity index (χ2v) is 8.51. The van der Waals surface area contributed by atoms with Crippen molar-refractivity contribution in [2.24, 2.45) is 11.8 Å². The van der Waals surface area contributed by atoms with E-state index in [-0.39, 0.29) is 35.9 Å². The molecule has 1 aromatic rings. The Kier molecular flexibility index (Phi) is 4.13. The fraction of sp³-hybridized carbons (Fsp3) is 0.545. The standard InChI is InChI=1S/C22H26N2O5/c1-12-15-10-24-7-6-22(17-5-4-13(27-2)8-18(17)23-21(22)26)19(24)9-14(15)16(11-29-12)20(25)28-3/h4-5,8,11-12,14-15,19H,6-7,9-10H2,1-3H3,(H,23,26)/t12-,14+,15+,19-,22+/m1/s1. The number of piperidine rings is 1. The number of rotatable bonds is 2. The molecule has 1 spiro atoms. The number of benzene rings is 1. The molecular weight excluding hydrogens is 372 g/mol. The smallest absolute Gasteiger partial charge is 0.337 e. The van der Waals surface area contributed by atoms with E-state index in [2.05, 4.69) is 17.1 Å². The van der Waals surface area contributed by atoms with Crippen LogP contribution in [0.2, 0.25) is 0 Å². The van der Waals surface area contributed by atoms with Gasteiger partial charge in [0.1, 0.15) is 5.75 Å². The number of methoxy groups -OCH3 is 2. The second-order valence-electron chi connectivity index (χ2n) is 8.51. The summed E-state index contributed by atoms with van der Waals surface area (Å²) in [5.74, 6) is 0.676. The van der Waals surface area contributed by atoms with Gasteiger partial charge in [-0.25, -0.2) is 4.79 Å². The van der Waals surface area contributed by atoms with Crippen LogP contribution in [0.1, 0.15) is 25.3 Å². The molecule has 7 nitrogen and oxygen atoms in total. The lowest BCUT2D eigenvalue weighted by Crippen LogP contribution is -2.56. The molecule has 5 rings (SSSR count). The van der Waals surface area contributed by atoms with Crippen LogP contribution in [0.25, 0.3) is 0 Å². The van der Waals surface area contributed by atoms with Crippen molar-refractivity contribution in [3.05, 3.63) is 35.6 Å². The first-order chi connectivity index (χ1) is 14.0. The van der Waals surface area contributed by atoms with Gasteiger partial charge in [-0.2, -0.15) is 0 Å². The minimum Gasteiger partial charge on any atom is -0.497 e. The maximum atomic E-state index is 13.3. The van der Waals surface area contributed by atoms with Crippen LogP contribution in [0.5, 0.6) is 5.75 Å². The maximum absolute atomic E-state index is 13.3. The van der Waals surface area contributed by atoms with Gasteiger partial charge in [0, 0.05) is 36.2 Å². The molecule has 1 aromatic carbocycles. The number of hydrogen-bond acceptors (Lipinski definition) is 6. The van der Waals surface area contributed by atoms with Gasteiger partial charge in [0.05, 0.1) is 37.6 Å². The van der Waals surface area contributed by atoms with E-state index in [0.29, 0.717) is 5.57 Å². The number of fused-ring (bicyclic) bond motifs is 5. The Hall–Kier alpha value is -2.54. The molecule has 29 heavy (non-hydrogen) atoms. The topological polar surface area (TPSA) is 77.1 Å². The molecule has 0 bridgehead atoms. The maximum Gasteiger partial charge on any atom is 0.337 e. The molecule has 0 aromatic heterocycles. The molecule has 1 N–H and O–H groups in total. The van der Waals surface area contributed by atoms with Gasteiger partial charge in [-0.05, 0) is 37.9 Å². The highest BCUT2D eigenvalue weighted by Crippen LogP contribution is 2.54. The Balaban J connectivity index is 1.54. The molecule has 4 aliphatic rings. The van der Waals surface area contributed by atoms with Gasteiger partial charge in [-0.15, -0.1) is 0 Å². The predicted molar refractivity (Wildman–Crippen MR) is 106 cm³/mol. The number of nitrogens with zero attached hydrogens (tertiary/aromatic N) is 1. The van der Waals surface area contributed by atoms with E-state index in [1.807, 2.05) is 18.2 Å². The summed E-state index contributed by atoms with van der Waals surface area (Å²) in [4.78, 5) is 28.1. The third kappa shape index (κ3) is 2.46. The fourth-order valence-electron chi connectivity index (χ4n) is 5.93. The zero-order chi connectivity index (χ0) is 20.3. The van der Waals surface area contributed by atoms with Crippen LogP contribution in [0.15, 0.2) is 30.0 Å². The monoisotopic (exact) mass is 398 g/mol. The van der Waals surface area contributed by atoms with Gasteiger partial charge in [0.15, 0.2) is 0 Å². The van der Waals surface area contributed by atoms with Crippen LogP contribution in [0.3, 0.4) is 0 Å². The zero-order valence-electron chi connectivity index (χ0n) is 16.9. The lowest BCUT2D eigenvalue weighted by Gasteiger charge is -2.48. The highest BCUT2D eigenvalue weighted by Gasteiger charge is 2.61. The second kappa shape index (κ2) is 6.49. The summed E-state index contributed by atoms with van der Waals surface area (Å²) >= 11 is 0. The molecular formula is C22H26N2O5. The normalized spacial score (nSPS) is 35.1. The molecule has 0 radical (unpaired) electrons. The van der Waals surface area contributed by atoms with Crippen LogP contribution in [-0.4, -0.2) is 56.2 Å². The number of anilines is 1. The molecule has 4 heterocycles. The third-order valence-corrected chi connectivity index (χ3v) is 7.44. The predicted octanol–water partition coefficient (Wildman–Crippen LogP) is 2.07. The van der Waals surface area contributed by atoms with Crippen molar-refractivity contribution in [2.75, 3.05) is 32.6 Å². The van der Waals surface area contributed by atoms with Crippen molar-refractivity contribution < 1.29 is 23.8 Å². The van der Waals surface area contributed by atoms with Crippen LogP contribution in [0, 0.1) is 11.8 Å². The average molecular weight is 398 g/mol. The number of carbonyl (C=O) groups excluding carboxylic acids is 2. The van der Waals surface area contributed by atoms with E-state index in [0.717, 1.165) is 42.9 Å². The SMILES string of the molecule is COC(=O)C1=CO[C@H](C)[C@@H]2CN3CC[C@@]4(C(=O)Nc5cc(OC)ccc54)[C@H]3C[C@H]12. The van der Waals surface area contributed by atoms with Crippen molar-refractivity contribution in [1.29, 1.82) is 0 Å².